The summed E-state index contributed by atoms with van der Waals surface area (Å²) in [6.45, 7) is 19.1. The van der Waals surface area contributed by atoms with Gasteiger partial charge in [-0.1, -0.05) is 48.0 Å². The Bertz CT molecular complexity index is 200. The van der Waals surface area contributed by atoms with E-state index in [1.807, 2.05) is 0 Å². The van der Waals surface area contributed by atoms with Gasteiger partial charge in [0.15, 0.2) is 0 Å². The lowest BCUT2D eigenvalue weighted by Crippen LogP contribution is -2.30. The van der Waals surface area contributed by atoms with Crippen LogP contribution in [0.25, 0.3) is 0 Å². The molecule has 0 aliphatic heterocycles. The van der Waals surface area contributed by atoms with Crippen LogP contribution in [-0.2, 0) is 4.74 Å². The summed E-state index contributed by atoms with van der Waals surface area (Å²) >= 11 is 0. The molecular weight excluding hydrogens is 208 g/mol. The lowest BCUT2D eigenvalue weighted by Gasteiger charge is -2.31. The third kappa shape index (κ3) is 9.64. The van der Waals surface area contributed by atoms with Crippen molar-refractivity contribution in [2.75, 3.05) is 6.61 Å². The molecule has 2 atom stereocenters. The van der Waals surface area contributed by atoms with Gasteiger partial charge in [0.25, 0.3) is 0 Å². The summed E-state index contributed by atoms with van der Waals surface area (Å²) in [5.41, 5.74) is 0.436. The van der Waals surface area contributed by atoms with Gasteiger partial charge >= 0.3 is 0 Å². The monoisotopic (exact) mass is 242 g/mol. The third-order valence-electron chi connectivity index (χ3n) is 3.26. The molecule has 17 heavy (non-hydrogen) atoms. The van der Waals surface area contributed by atoms with Gasteiger partial charge in [-0.2, -0.15) is 0 Å². The molecule has 0 N–H and O–H groups in total. The van der Waals surface area contributed by atoms with E-state index in [0.29, 0.717) is 11.3 Å². The summed E-state index contributed by atoms with van der Waals surface area (Å²) < 4.78 is 6.11. The van der Waals surface area contributed by atoms with Gasteiger partial charge < -0.3 is 4.74 Å². The van der Waals surface area contributed by atoms with Gasteiger partial charge in [0, 0.05) is 6.61 Å². The highest BCUT2D eigenvalue weighted by atomic mass is 16.5. The molecule has 0 saturated heterocycles. The average Bonchev–Trinajstić information content (AvgIpc) is 2.11. The zero-order chi connectivity index (χ0) is 13.7. The van der Waals surface area contributed by atoms with E-state index in [1.165, 1.54) is 12.8 Å². The van der Waals surface area contributed by atoms with Crippen molar-refractivity contribution in [2.24, 2.45) is 17.3 Å². The highest BCUT2D eigenvalue weighted by Crippen LogP contribution is 2.27. The second-order valence-electron chi connectivity index (χ2n) is 7.66. The van der Waals surface area contributed by atoms with Gasteiger partial charge in [0.05, 0.1) is 5.60 Å². The average molecular weight is 242 g/mol. The molecule has 0 radical (unpaired) electrons. The minimum absolute atomic E-state index is 0.0293. The number of hydrogen-bond donors (Lipinski definition) is 0. The van der Waals surface area contributed by atoms with E-state index in [0.717, 1.165) is 18.9 Å². The molecule has 0 spiro atoms. The first-order valence-electron chi connectivity index (χ1n) is 7.19. The van der Waals surface area contributed by atoms with Crippen molar-refractivity contribution in [3.63, 3.8) is 0 Å². The van der Waals surface area contributed by atoms with Crippen LogP contribution < -0.4 is 0 Å². The minimum Gasteiger partial charge on any atom is -0.375 e. The van der Waals surface area contributed by atoms with Gasteiger partial charge in [-0.05, 0) is 43.9 Å². The van der Waals surface area contributed by atoms with Crippen LogP contribution in [0.4, 0.5) is 0 Å². The maximum absolute atomic E-state index is 6.11. The molecule has 0 aliphatic carbocycles. The lowest BCUT2D eigenvalue weighted by atomic mass is 9.85. The van der Waals surface area contributed by atoms with E-state index in [-0.39, 0.29) is 5.60 Å². The summed E-state index contributed by atoms with van der Waals surface area (Å²) in [7, 11) is 0. The maximum Gasteiger partial charge on any atom is 0.0629 e. The highest BCUT2D eigenvalue weighted by molar-refractivity contribution is 4.73. The van der Waals surface area contributed by atoms with Gasteiger partial charge in [0.2, 0.25) is 0 Å². The molecule has 104 valence electrons. The Balaban J connectivity index is 4.00. The van der Waals surface area contributed by atoms with Crippen molar-refractivity contribution in [1.82, 2.24) is 0 Å². The highest BCUT2D eigenvalue weighted by Gasteiger charge is 2.23. The van der Waals surface area contributed by atoms with E-state index in [9.17, 15) is 0 Å². The second-order valence-corrected chi connectivity index (χ2v) is 7.66. The van der Waals surface area contributed by atoms with E-state index < -0.39 is 0 Å². The molecule has 0 aliphatic rings. The molecular formula is C16H34O. The van der Waals surface area contributed by atoms with Crippen molar-refractivity contribution < 1.29 is 4.74 Å². The van der Waals surface area contributed by atoms with Crippen molar-refractivity contribution in [2.45, 2.75) is 80.3 Å². The second kappa shape index (κ2) is 6.78. The molecule has 0 aromatic heterocycles. The predicted octanol–water partition coefficient (Wildman–Crippen LogP) is 5.29. The van der Waals surface area contributed by atoms with E-state index in [4.69, 9.17) is 4.74 Å². The molecule has 1 heteroatoms. The van der Waals surface area contributed by atoms with Crippen molar-refractivity contribution in [1.29, 1.82) is 0 Å². The molecule has 2 unspecified atom stereocenters. The van der Waals surface area contributed by atoms with Crippen molar-refractivity contribution in [3.05, 3.63) is 0 Å². The van der Waals surface area contributed by atoms with E-state index in [2.05, 4.69) is 55.4 Å². The summed E-state index contributed by atoms with van der Waals surface area (Å²) in [4.78, 5) is 0. The largest absolute Gasteiger partial charge is 0.375 e. The molecule has 1 nitrogen and oxygen atoms in total. The molecule has 0 fully saturated rings. The van der Waals surface area contributed by atoms with Crippen LogP contribution >= 0.6 is 0 Å². The van der Waals surface area contributed by atoms with Crippen LogP contribution in [-0.4, -0.2) is 12.2 Å². The summed E-state index contributed by atoms with van der Waals surface area (Å²) in [5.74, 6) is 1.40. The Labute approximate surface area is 109 Å². The first-order valence-corrected chi connectivity index (χ1v) is 7.19. The van der Waals surface area contributed by atoms with Crippen LogP contribution in [0.15, 0.2) is 0 Å². The molecule has 0 saturated carbocycles. The van der Waals surface area contributed by atoms with Gasteiger partial charge in [0.1, 0.15) is 0 Å². The maximum atomic E-state index is 6.11. The third-order valence-corrected chi connectivity index (χ3v) is 3.26. The zero-order valence-electron chi connectivity index (χ0n) is 13.4. The molecule has 0 amide bonds. The van der Waals surface area contributed by atoms with Crippen LogP contribution in [0.1, 0.15) is 74.7 Å². The Morgan fingerprint density at radius 2 is 1.41 bits per heavy atom. The Morgan fingerprint density at radius 1 is 0.882 bits per heavy atom. The number of rotatable bonds is 7. The van der Waals surface area contributed by atoms with Crippen LogP contribution in [0.2, 0.25) is 0 Å². The van der Waals surface area contributed by atoms with E-state index in [1.54, 1.807) is 0 Å². The summed E-state index contributed by atoms with van der Waals surface area (Å²) in [6, 6.07) is 0. The van der Waals surface area contributed by atoms with Gasteiger partial charge in [-0.3, -0.25) is 0 Å². The zero-order valence-corrected chi connectivity index (χ0v) is 13.4. The predicted molar refractivity (Wildman–Crippen MR) is 77.3 cm³/mol. The van der Waals surface area contributed by atoms with E-state index >= 15 is 0 Å². The normalized spacial score (nSPS) is 16.9. The summed E-state index contributed by atoms with van der Waals surface area (Å²) in [6.07, 6.45) is 3.63. The fraction of sp³-hybridized carbons (Fsp3) is 1.00. The smallest absolute Gasteiger partial charge is 0.0629 e. The SMILES string of the molecule is CCC(C)CC(C)(C)OCC(C)CC(C)(C)C. The quantitative estimate of drug-likeness (QED) is 0.589. The first-order chi connectivity index (χ1) is 7.56. The fourth-order valence-corrected chi connectivity index (χ4v) is 2.51. The van der Waals surface area contributed by atoms with Gasteiger partial charge in [-0.15, -0.1) is 0 Å². The van der Waals surface area contributed by atoms with Crippen LogP contribution in [0.3, 0.4) is 0 Å². The summed E-state index contributed by atoms with van der Waals surface area (Å²) in [5, 5.41) is 0. The fourth-order valence-electron chi connectivity index (χ4n) is 2.51. The van der Waals surface area contributed by atoms with Crippen LogP contribution in [0.5, 0.6) is 0 Å². The first kappa shape index (κ1) is 17.0. The molecule has 0 bridgehead atoms. The molecule has 0 heterocycles. The Kier molecular flexibility index (Phi) is 6.76. The Hall–Kier alpha value is -0.0400. The topological polar surface area (TPSA) is 9.23 Å². The van der Waals surface area contributed by atoms with Gasteiger partial charge in [-0.25, -0.2) is 0 Å². The van der Waals surface area contributed by atoms with Crippen LogP contribution in [0, 0.1) is 17.3 Å². The molecule has 0 aromatic carbocycles. The number of ether oxygens (including phenoxy) is 1. The molecule has 0 rings (SSSR count). The van der Waals surface area contributed by atoms with Crippen molar-refractivity contribution in [3.8, 4) is 0 Å². The number of hydrogen-bond acceptors (Lipinski definition) is 1. The van der Waals surface area contributed by atoms with Crippen molar-refractivity contribution >= 4 is 0 Å². The Morgan fingerprint density at radius 3 is 1.82 bits per heavy atom. The minimum atomic E-state index is 0.0293. The molecule has 0 aromatic rings. The lowest BCUT2D eigenvalue weighted by molar-refractivity contribution is -0.0511. The standard InChI is InChI=1S/C16H34O/c1-9-13(2)11-16(7,8)17-12-14(3)10-15(4,5)6/h13-14H,9-12H2,1-8H3.